The zero-order valence-corrected chi connectivity index (χ0v) is 10.0. The zero-order valence-electron chi connectivity index (χ0n) is 9.23. The van der Waals surface area contributed by atoms with Crippen molar-refractivity contribution in [2.75, 3.05) is 0 Å². The molecule has 0 radical (unpaired) electrons. The number of nitrogens with zero attached hydrogens (tertiary/aromatic N) is 1. The minimum atomic E-state index is -0.987. The van der Waals surface area contributed by atoms with Crippen molar-refractivity contribution in [3.05, 3.63) is 20.7 Å². The molecule has 1 saturated carbocycles. The number of carboxylic acid groups (broad SMARTS) is 1. The Morgan fingerprint density at radius 3 is 2.50 bits per heavy atom. The van der Waals surface area contributed by atoms with E-state index < -0.39 is 11.5 Å². The third-order valence-electron chi connectivity index (χ3n) is 3.37. The molecule has 4 nitrogen and oxygen atoms in total. The molecule has 0 bridgehead atoms. The largest absolute Gasteiger partial charge is 0.479 e. The lowest BCUT2D eigenvalue weighted by Gasteiger charge is -2.34. The van der Waals surface area contributed by atoms with Crippen LogP contribution in [-0.2, 0) is 10.3 Å². The van der Waals surface area contributed by atoms with Gasteiger partial charge >= 0.3 is 10.8 Å². The SMILES string of the molecule is Cc1csc(=O)n1C1(C(=O)O)CCCCC1. The average molecular weight is 241 g/mol. The van der Waals surface area contributed by atoms with Crippen molar-refractivity contribution in [1.29, 1.82) is 0 Å². The number of thiazole rings is 1. The minimum absolute atomic E-state index is 0.151. The Morgan fingerprint density at radius 2 is 2.06 bits per heavy atom. The van der Waals surface area contributed by atoms with Gasteiger partial charge in [-0.15, -0.1) is 0 Å². The Balaban J connectivity index is 2.55. The summed E-state index contributed by atoms with van der Waals surface area (Å²) in [6.45, 7) is 1.80. The normalized spacial score (nSPS) is 19.6. The van der Waals surface area contributed by atoms with Crippen molar-refractivity contribution in [3.63, 3.8) is 0 Å². The number of rotatable bonds is 2. The number of hydrogen-bond donors (Lipinski definition) is 1. The predicted octanol–water partition coefficient (Wildman–Crippen LogP) is 1.96. The van der Waals surface area contributed by atoms with Gasteiger partial charge in [-0.25, -0.2) is 4.79 Å². The molecule has 0 spiro atoms. The topological polar surface area (TPSA) is 59.3 Å². The summed E-state index contributed by atoms with van der Waals surface area (Å²) in [6, 6.07) is 0. The maximum absolute atomic E-state index is 11.8. The lowest BCUT2D eigenvalue weighted by atomic mass is 9.81. The van der Waals surface area contributed by atoms with Crippen LogP contribution in [0.5, 0.6) is 0 Å². The fourth-order valence-electron chi connectivity index (χ4n) is 2.57. The van der Waals surface area contributed by atoms with E-state index in [1.54, 1.807) is 12.3 Å². The molecule has 1 aliphatic rings. The Bertz CT molecular complexity index is 454. The molecule has 0 amide bonds. The molecule has 2 rings (SSSR count). The van der Waals surface area contributed by atoms with Crippen LogP contribution >= 0.6 is 11.3 Å². The second kappa shape index (κ2) is 4.05. The fraction of sp³-hybridized carbons (Fsp3) is 0.636. The number of carbonyl (C=O) groups is 1. The van der Waals surface area contributed by atoms with E-state index in [0.29, 0.717) is 12.8 Å². The molecule has 0 aliphatic heterocycles. The van der Waals surface area contributed by atoms with Gasteiger partial charge in [0, 0.05) is 11.1 Å². The summed E-state index contributed by atoms with van der Waals surface area (Å²) in [5.74, 6) is -0.865. The first-order valence-corrected chi connectivity index (χ1v) is 6.37. The number of aromatic nitrogens is 1. The van der Waals surface area contributed by atoms with Crippen LogP contribution in [0.25, 0.3) is 0 Å². The number of carboxylic acids is 1. The summed E-state index contributed by atoms with van der Waals surface area (Å²) >= 11 is 1.08. The molecule has 1 aromatic heterocycles. The second-order valence-corrected chi connectivity index (χ2v) is 5.20. The third kappa shape index (κ3) is 1.59. The quantitative estimate of drug-likeness (QED) is 0.861. The molecule has 1 fully saturated rings. The van der Waals surface area contributed by atoms with Gasteiger partial charge in [-0.3, -0.25) is 9.36 Å². The van der Waals surface area contributed by atoms with E-state index in [2.05, 4.69) is 0 Å². The molecule has 16 heavy (non-hydrogen) atoms. The molecule has 1 aliphatic carbocycles. The molecule has 0 aromatic carbocycles. The number of aryl methyl sites for hydroxylation is 1. The Hall–Kier alpha value is -1.10. The maximum atomic E-state index is 11.8. The molecule has 88 valence electrons. The van der Waals surface area contributed by atoms with Crippen molar-refractivity contribution in [3.8, 4) is 0 Å². The van der Waals surface area contributed by atoms with Crippen LogP contribution in [0.2, 0.25) is 0 Å². The monoisotopic (exact) mass is 241 g/mol. The van der Waals surface area contributed by atoms with Gasteiger partial charge in [0.1, 0.15) is 5.54 Å². The van der Waals surface area contributed by atoms with Gasteiger partial charge < -0.3 is 5.11 Å². The van der Waals surface area contributed by atoms with Crippen LogP contribution in [-0.4, -0.2) is 15.6 Å². The molecule has 5 heteroatoms. The summed E-state index contributed by atoms with van der Waals surface area (Å²) in [6.07, 6.45) is 3.97. The van der Waals surface area contributed by atoms with Crippen molar-refractivity contribution in [1.82, 2.24) is 4.57 Å². The molecule has 0 unspecified atom stereocenters. The molecule has 1 heterocycles. The Kier molecular flexibility index (Phi) is 2.88. The smallest absolute Gasteiger partial charge is 0.330 e. The van der Waals surface area contributed by atoms with Crippen molar-refractivity contribution >= 4 is 17.3 Å². The fourth-order valence-corrected chi connectivity index (χ4v) is 3.37. The Morgan fingerprint density at radius 1 is 1.44 bits per heavy atom. The van der Waals surface area contributed by atoms with Crippen molar-refractivity contribution < 1.29 is 9.90 Å². The van der Waals surface area contributed by atoms with E-state index in [-0.39, 0.29) is 4.87 Å². The van der Waals surface area contributed by atoms with E-state index in [1.807, 2.05) is 0 Å². The van der Waals surface area contributed by atoms with Gasteiger partial charge in [0.15, 0.2) is 0 Å². The van der Waals surface area contributed by atoms with E-state index in [0.717, 1.165) is 36.3 Å². The van der Waals surface area contributed by atoms with Crippen molar-refractivity contribution in [2.24, 2.45) is 0 Å². The number of hydrogen-bond acceptors (Lipinski definition) is 3. The maximum Gasteiger partial charge on any atom is 0.330 e. The summed E-state index contributed by atoms with van der Waals surface area (Å²) in [5.41, 5.74) is -0.223. The minimum Gasteiger partial charge on any atom is -0.479 e. The highest BCUT2D eigenvalue weighted by molar-refractivity contribution is 7.07. The van der Waals surface area contributed by atoms with Crippen LogP contribution < -0.4 is 4.87 Å². The van der Waals surface area contributed by atoms with Crippen LogP contribution in [0.3, 0.4) is 0 Å². The predicted molar refractivity (Wildman–Crippen MR) is 62.0 cm³/mol. The first-order chi connectivity index (χ1) is 7.58. The lowest BCUT2D eigenvalue weighted by molar-refractivity contribution is -0.149. The van der Waals surface area contributed by atoms with Crippen LogP contribution in [0.4, 0.5) is 0 Å². The summed E-state index contributed by atoms with van der Waals surface area (Å²) in [4.78, 5) is 23.1. The van der Waals surface area contributed by atoms with Gasteiger partial charge in [-0.05, 0) is 19.8 Å². The van der Waals surface area contributed by atoms with E-state index in [4.69, 9.17) is 0 Å². The van der Waals surface area contributed by atoms with Crippen LogP contribution in [0.1, 0.15) is 37.8 Å². The highest BCUT2D eigenvalue weighted by Crippen LogP contribution is 2.35. The number of aliphatic carboxylic acids is 1. The molecule has 0 saturated heterocycles. The van der Waals surface area contributed by atoms with Crippen LogP contribution in [0.15, 0.2) is 10.2 Å². The first-order valence-electron chi connectivity index (χ1n) is 5.49. The molecule has 1 N–H and O–H groups in total. The first kappa shape index (κ1) is 11.4. The average Bonchev–Trinajstić information content (AvgIpc) is 2.60. The standard InChI is InChI=1S/C11H15NO3S/c1-8-7-16-10(15)12(8)11(9(13)14)5-3-2-4-6-11/h7H,2-6H2,1H3,(H,13,14). The van der Waals surface area contributed by atoms with Gasteiger partial charge in [-0.1, -0.05) is 30.6 Å². The van der Waals surface area contributed by atoms with Crippen LogP contribution in [0, 0.1) is 6.92 Å². The molecular formula is C11H15NO3S. The van der Waals surface area contributed by atoms with E-state index in [1.165, 1.54) is 4.57 Å². The van der Waals surface area contributed by atoms with Gasteiger partial charge in [-0.2, -0.15) is 0 Å². The highest BCUT2D eigenvalue weighted by Gasteiger charge is 2.43. The van der Waals surface area contributed by atoms with Crippen molar-refractivity contribution in [2.45, 2.75) is 44.6 Å². The third-order valence-corrected chi connectivity index (χ3v) is 4.22. The second-order valence-electron chi connectivity index (χ2n) is 4.38. The molecular weight excluding hydrogens is 226 g/mol. The summed E-state index contributed by atoms with van der Waals surface area (Å²) in [7, 11) is 0. The zero-order chi connectivity index (χ0) is 11.8. The highest BCUT2D eigenvalue weighted by atomic mass is 32.1. The molecule has 0 atom stereocenters. The summed E-state index contributed by atoms with van der Waals surface area (Å²) < 4.78 is 1.49. The lowest BCUT2D eigenvalue weighted by Crippen LogP contribution is -2.48. The van der Waals surface area contributed by atoms with E-state index >= 15 is 0 Å². The summed E-state index contributed by atoms with van der Waals surface area (Å²) in [5, 5.41) is 11.2. The van der Waals surface area contributed by atoms with E-state index in [9.17, 15) is 14.7 Å². The van der Waals surface area contributed by atoms with Gasteiger partial charge in [0.25, 0.3) is 0 Å². The van der Waals surface area contributed by atoms with Gasteiger partial charge in [0.2, 0.25) is 0 Å². The molecule has 1 aromatic rings. The Labute approximate surface area is 97.5 Å². The van der Waals surface area contributed by atoms with Gasteiger partial charge in [0.05, 0.1) is 0 Å².